The minimum atomic E-state index is -0.631. The third-order valence-corrected chi connectivity index (χ3v) is 8.04. The highest BCUT2D eigenvalue weighted by Gasteiger charge is 2.77. The summed E-state index contributed by atoms with van der Waals surface area (Å²) in [6.45, 7) is 0. The van der Waals surface area contributed by atoms with E-state index in [0.29, 0.717) is 17.6 Å². The van der Waals surface area contributed by atoms with Crippen molar-refractivity contribution in [2.24, 2.45) is 23.7 Å². The number of benzene rings is 2. The maximum atomic E-state index is 10.0. The number of aromatic hydroxyl groups is 1. The molecule has 6 aliphatic rings. The number of hydrogen-bond acceptors (Lipinski definition) is 4. The Morgan fingerprint density at radius 1 is 0.778 bits per heavy atom. The van der Waals surface area contributed by atoms with Crippen LogP contribution in [0.4, 0.5) is 0 Å². The summed E-state index contributed by atoms with van der Waals surface area (Å²) >= 11 is 0. The number of ether oxygens (including phenoxy) is 1. The molecule has 2 aromatic carbocycles. The van der Waals surface area contributed by atoms with E-state index in [1.165, 1.54) is 32.1 Å². The number of rotatable bonds is 0. The summed E-state index contributed by atoms with van der Waals surface area (Å²) in [5, 5.41) is 10.0. The first-order valence-corrected chi connectivity index (χ1v) is 10.2. The Bertz CT molecular complexity index is 939. The quantitative estimate of drug-likeness (QED) is 0.677. The van der Waals surface area contributed by atoms with Crippen LogP contribution in [0, 0.1) is 23.7 Å². The number of para-hydroxylation sites is 1. The Hall–Kier alpha value is -2.04. The van der Waals surface area contributed by atoms with Gasteiger partial charge in [0.1, 0.15) is 22.8 Å². The molecule has 1 atom stereocenters. The molecule has 5 fully saturated rings. The van der Waals surface area contributed by atoms with Gasteiger partial charge in [0, 0.05) is 17.2 Å². The molecule has 1 unspecified atom stereocenters. The van der Waals surface area contributed by atoms with E-state index in [0.717, 1.165) is 28.7 Å². The van der Waals surface area contributed by atoms with Crippen molar-refractivity contribution in [1.82, 2.24) is 0 Å². The first-order valence-electron chi connectivity index (χ1n) is 10.2. The molecule has 4 aliphatic carbocycles. The molecule has 0 aromatic heterocycles. The van der Waals surface area contributed by atoms with E-state index in [9.17, 15) is 5.11 Å². The van der Waals surface area contributed by atoms with Crippen LogP contribution >= 0.6 is 0 Å². The molecule has 138 valence electrons. The van der Waals surface area contributed by atoms with Gasteiger partial charge in [-0.25, -0.2) is 9.78 Å². The number of phenols is 1. The molecule has 0 radical (unpaired) electrons. The lowest BCUT2D eigenvalue weighted by molar-refractivity contribution is -0.583. The molecule has 0 amide bonds. The minimum absolute atomic E-state index is 0.211. The van der Waals surface area contributed by atoms with Crippen LogP contribution in [0.5, 0.6) is 17.2 Å². The van der Waals surface area contributed by atoms with Crippen molar-refractivity contribution in [2.75, 3.05) is 0 Å². The first-order chi connectivity index (χ1) is 13.2. The maximum absolute atomic E-state index is 10.0. The van der Waals surface area contributed by atoms with Crippen molar-refractivity contribution < 1.29 is 19.6 Å². The monoisotopic (exact) mass is 362 g/mol. The largest absolute Gasteiger partial charge is 0.508 e. The molecule has 4 heteroatoms. The number of fused-ring (bicyclic) bond motifs is 4. The standard InChI is InChI=1S/C23H22O4/c24-17-5-6-19-21(12-17)25-20-4-2-1-3-18(20)23(19)22(26-27-23)15-8-13-7-14(10-15)11-16(22)9-13/h1-6,12-16,24H,7-11H2. The second-order valence-corrected chi connectivity index (χ2v) is 9.22. The molecule has 27 heavy (non-hydrogen) atoms. The Morgan fingerprint density at radius 3 is 2.19 bits per heavy atom. The second-order valence-electron chi connectivity index (χ2n) is 9.22. The summed E-state index contributed by atoms with van der Waals surface area (Å²) < 4.78 is 6.18. The molecule has 8 rings (SSSR count). The topological polar surface area (TPSA) is 47.9 Å². The van der Waals surface area contributed by atoms with E-state index in [4.69, 9.17) is 14.5 Å². The van der Waals surface area contributed by atoms with E-state index < -0.39 is 5.60 Å². The third kappa shape index (κ3) is 1.56. The molecular weight excluding hydrogens is 340 g/mol. The Labute approximate surface area is 158 Å². The van der Waals surface area contributed by atoms with Gasteiger partial charge in [-0.05, 0) is 74.0 Å². The molecule has 4 nitrogen and oxygen atoms in total. The summed E-state index contributed by atoms with van der Waals surface area (Å²) in [6, 6.07) is 13.6. The highest BCUT2D eigenvalue weighted by atomic mass is 17.3. The van der Waals surface area contributed by atoms with Gasteiger partial charge >= 0.3 is 0 Å². The van der Waals surface area contributed by atoms with E-state index in [-0.39, 0.29) is 11.4 Å². The van der Waals surface area contributed by atoms with Crippen LogP contribution < -0.4 is 4.74 Å². The lowest BCUT2D eigenvalue weighted by Crippen LogP contribution is -2.76. The van der Waals surface area contributed by atoms with Crippen molar-refractivity contribution in [1.29, 1.82) is 0 Å². The van der Waals surface area contributed by atoms with Gasteiger partial charge in [-0.2, -0.15) is 0 Å². The summed E-state index contributed by atoms with van der Waals surface area (Å²) in [6.07, 6.45) is 6.38. The van der Waals surface area contributed by atoms with E-state index in [1.807, 2.05) is 18.2 Å². The summed E-state index contributed by atoms with van der Waals surface area (Å²) in [5.41, 5.74) is 1.12. The molecule has 4 saturated carbocycles. The lowest BCUT2D eigenvalue weighted by atomic mass is 9.44. The van der Waals surface area contributed by atoms with Crippen LogP contribution in [-0.4, -0.2) is 10.7 Å². The van der Waals surface area contributed by atoms with Crippen LogP contribution in [0.2, 0.25) is 0 Å². The molecule has 1 saturated heterocycles. The third-order valence-electron chi connectivity index (χ3n) is 8.04. The summed E-state index contributed by atoms with van der Waals surface area (Å²) in [7, 11) is 0. The van der Waals surface area contributed by atoms with Crippen molar-refractivity contribution in [2.45, 2.75) is 43.3 Å². The fourth-order valence-corrected chi connectivity index (χ4v) is 7.32. The Morgan fingerprint density at radius 2 is 1.48 bits per heavy atom. The molecule has 1 N–H and O–H groups in total. The average Bonchev–Trinajstić information content (AvgIpc) is 2.64. The maximum Gasteiger partial charge on any atom is 0.193 e. The summed E-state index contributed by atoms with van der Waals surface area (Å²) in [5.74, 6) is 4.47. The first kappa shape index (κ1) is 14.9. The number of phenolic OH excluding ortho intramolecular Hbond substituents is 1. The molecule has 2 aliphatic heterocycles. The second kappa shape index (κ2) is 4.68. The highest BCUT2D eigenvalue weighted by molar-refractivity contribution is 5.60. The SMILES string of the molecule is Oc1ccc2c(c1)Oc1ccccc1C21OOC12C1CC3CC(C1)CC2C3. The van der Waals surface area contributed by atoms with Gasteiger partial charge < -0.3 is 9.84 Å². The van der Waals surface area contributed by atoms with Crippen LogP contribution in [0.3, 0.4) is 0 Å². The van der Waals surface area contributed by atoms with Crippen molar-refractivity contribution in [3.8, 4) is 17.2 Å². The molecular formula is C23H22O4. The normalized spacial score (nSPS) is 42.5. The van der Waals surface area contributed by atoms with E-state index in [1.54, 1.807) is 12.1 Å². The fourth-order valence-electron chi connectivity index (χ4n) is 7.32. The predicted molar refractivity (Wildman–Crippen MR) is 97.3 cm³/mol. The van der Waals surface area contributed by atoms with Gasteiger partial charge in [-0.3, -0.25) is 0 Å². The Kier molecular flexibility index (Phi) is 2.59. The zero-order valence-corrected chi connectivity index (χ0v) is 15.1. The van der Waals surface area contributed by atoms with Gasteiger partial charge in [0.15, 0.2) is 5.60 Å². The van der Waals surface area contributed by atoms with Crippen molar-refractivity contribution in [3.63, 3.8) is 0 Å². The lowest BCUT2D eigenvalue weighted by Gasteiger charge is -2.70. The average molecular weight is 362 g/mol. The van der Waals surface area contributed by atoms with Gasteiger partial charge in [0.2, 0.25) is 0 Å². The molecule has 2 aromatic rings. The van der Waals surface area contributed by atoms with Crippen molar-refractivity contribution in [3.05, 3.63) is 53.6 Å². The minimum Gasteiger partial charge on any atom is -0.508 e. The molecule has 4 bridgehead atoms. The molecule has 2 heterocycles. The van der Waals surface area contributed by atoms with E-state index >= 15 is 0 Å². The highest BCUT2D eigenvalue weighted by Crippen LogP contribution is 2.73. The van der Waals surface area contributed by atoms with Gasteiger partial charge in [0.05, 0.1) is 0 Å². The number of hydrogen-bond donors (Lipinski definition) is 1. The predicted octanol–water partition coefficient (Wildman–Crippen LogP) is 4.90. The zero-order valence-electron chi connectivity index (χ0n) is 15.1. The smallest absolute Gasteiger partial charge is 0.193 e. The van der Waals surface area contributed by atoms with Gasteiger partial charge in [0.25, 0.3) is 0 Å². The van der Waals surface area contributed by atoms with Crippen LogP contribution in [0.1, 0.15) is 43.2 Å². The Balaban J connectivity index is 1.51. The van der Waals surface area contributed by atoms with Crippen LogP contribution in [0.25, 0.3) is 0 Å². The van der Waals surface area contributed by atoms with Gasteiger partial charge in [-0.15, -0.1) is 0 Å². The molecule has 2 spiro atoms. The van der Waals surface area contributed by atoms with E-state index in [2.05, 4.69) is 12.1 Å². The summed E-state index contributed by atoms with van der Waals surface area (Å²) in [4.78, 5) is 12.4. The van der Waals surface area contributed by atoms with Crippen molar-refractivity contribution >= 4 is 0 Å². The fraction of sp³-hybridized carbons (Fsp3) is 0.478. The van der Waals surface area contributed by atoms with Crippen LogP contribution in [0.15, 0.2) is 42.5 Å². The van der Waals surface area contributed by atoms with Gasteiger partial charge in [-0.1, -0.05) is 18.2 Å². The zero-order chi connectivity index (χ0) is 17.8. The van der Waals surface area contributed by atoms with Crippen LogP contribution in [-0.2, 0) is 15.4 Å².